The minimum absolute atomic E-state index is 0.261. The molecule has 17 heavy (non-hydrogen) atoms. The van der Waals surface area contributed by atoms with Crippen LogP contribution >= 0.6 is 24.2 Å². The van der Waals surface area contributed by atoms with Gasteiger partial charge in [0.15, 0.2) is 0 Å². The average molecular weight is 271 g/mol. The van der Waals surface area contributed by atoms with Crippen molar-refractivity contribution >= 4 is 24.2 Å². The van der Waals surface area contributed by atoms with Crippen LogP contribution < -0.4 is 4.74 Å². The van der Waals surface area contributed by atoms with Crippen molar-refractivity contribution in [1.29, 1.82) is 0 Å². The molecule has 0 spiro atoms. The third-order valence-corrected chi connectivity index (χ3v) is 4.59. The first kappa shape index (κ1) is 13.1. The summed E-state index contributed by atoms with van der Waals surface area (Å²) in [7, 11) is 0. The Labute approximate surface area is 114 Å². The Kier molecular flexibility index (Phi) is 4.26. The van der Waals surface area contributed by atoms with Gasteiger partial charge in [-0.3, -0.25) is 0 Å². The van der Waals surface area contributed by atoms with Crippen LogP contribution in [0.4, 0.5) is 0 Å². The van der Waals surface area contributed by atoms with Crippen LogP contribution in [0.1, 0.15) is 31.2 Å². The highest BCUT2D eigenvalue weighted by atomic mass is 35.5. The molecule has 0 aliphatic heterocycles. The van der Waals surface area contributed by atoms with Crippen LogP contribution in [0.2, 0.25) is 5.02 Å². The minimum Gasteiger partial charge on any atom is -0.491 e. The molecule has 1 aliphatic rings. The van der Waals surface area contributed by atoms with Crippen molar-refractivity contribution < 1.29 is 4.74 Å². The summed E-state index contributed by atoms with van der Waals surface area (Å²) >= 11 is 10.6. The summed E-state index contributed by atoms with van der Waals surface area (Å²) in [5, 5.41) is 0.706. The zero-order valence-corrected chi connectivity index (χ0v) is 11.9. The van der Waals surface area contributed by atoms with E-state index in [9.17, 15) is 0 Å². The fraction of sp³-hybridized carbons (Fsp3) is 0.571. The van der Waals surface area contributed by atoms with Crippen molar-refractivity contribution in [2.24, 2.45) is 5.41 Å². The lowest BCUT2D eigenvalue weighted by Crippen LogP contribution is -2.27. The molecule has 1 nitrogen and oxygen atoms in total. The second-order valence-electron chi connectivity index (χ2n) is 5.09. The first-order chi connectivity index (χ1) is 8.15. The summed E-state index contributed by atoms with van der Waals surface area (Å²) in [5.74, 6) is 1.70. The van der Waals surface area contributed by atoms with Crippen LogP contribution in [0, 0.1) is 12.3 Å². The third kappa shape index (κ3) is 3.11. The smallest absolute Gasteiger partial charge is 0.137 e. The van der Waals surface area contributed by atoms with Gasteiger partial charge >= 0.3 is 0 Å². The van der Waals surface area contributed by atoms with Crippen molar-refractivity contribution in [3.63, 3.8) is 0 Å². The van der Waals surface area contributed by atoms with Gasteiger partial charge in [0.1, 0.15) is 5.75 Å². The lowest BCUT2D eigenvalue weighted by molar-refractivity contribution is 0.173. The Bertz CT molecular complexity index is 386. The molecule has 0 bridgehead atoms. The molecule has 0 aromatic heterocycles. The van der Waals surface area contributed by atoms with E-state index >= 15 is 0 Å². The minimum atomic E-state index is 0.261. The van der Waals surface area contributed by atoms with Crippen molar-refractivity contribution in [3.8, 4) is 5.75 Å². The Morgan fingerprint density at radius 1 is 1.35 bits per heavy atom. The summed E-state index contributed by atoms with van der Waals surface area (Å²) in [6.45, 7) is 2.77. The largest absolute Gasteiger partial charge is 0.491 e. The number of benzene rings is 1. The maximum Gasteiger partial charge on any atom is 0.137 e. The van der Waals surface area contributed by atoms with Crippen LogP contribution in [0.5, 0.6) is 5.75 Å². The monoisotopic (exact) mass is 270 g/mol. The normalized spacial score (nSPS) is 18.3. The van der Waals surface area contributed by atoms with Crippen LogP contribution in [0.3, 0.4) is 0 Å². The highest BCUT2D eigenvalue weighted by Gasteiger charge is 2.33. The van der Waals surface area contributed by atoms with Gasteiger partial charge in [-0.2, -0.15) is 12.6 Å². The van der Waals surface area contributed by atoms with Gasteiger partial charge < -0.3 is 4.74 Å². The molecule has 0 atom stereocenters. The Morgan fingerprint density at radius 3 is 2.65 bits per heavy atom. The summed E-state index contributed by atoms with van der Waals surface area (Å²) in [5.41, 5.74) is 1.42. The van der Waals surface area contributed by atoms with E-state index in [0.29, 0.717) is 5.02 Å². The molecule has 0 heterocycles. The van der Waals surface area contributed by atoms with Crippen LogP contribution in [-0.2, 0) is 0 Å². The van der Waals surface area contributed by atoms with E-state index in [1.807, 2.05) is 25.1 Å². The number of ether oxygens (including phenoxy) is 1. The second-order valence-corrected chi connectivity index (χ2v) is 5.81. The third-order valence-electron chi connectivity index (χ3n) is 3.62. The molecular weight excluding hydrogens is 252 g/mol. The van der Waals surface area contributed by atoms with E-state index in [2.05, 4.69) is 12.6 Å². The van der Waals surface area contributed by atoms with Crippen molar-refractivity contribution in [2.75, 3.05) is 12.4 Å². The first-order valence-electron chi connectivity index (χ1n) is 6.15. The van der Waals surface area contributed by atoms with Crippen LogP contribution in [0.25, 0.3) is 0 Å². The standard InChI is InChI=1S/C14H19ClOS/c1-11-4-5-13(12(15)8-11)16-9-14(10-17)6-2-3-7-14/h4-5,8,17H,2-3,6-7,9-10H2,1H3. The molecule has 0 amide bonds. The lowest BCUT2D eigenvalue weighted by Gasteiger charge is -2.27. The van der Waals surface area contributed by atoms with E-state index in [0.717, 1.165) is 23.7 Å². The predicted molar refractivity (Wildman–Crippen MR) is 76.4 cm³/mol. The fourth-order valence-electron chi connectivity index (χ4n) is 2.43. The first-order valence-corrected chi connectivity index (χ1v) is 7.16. The molecule has 3 heteroatoms. The Hall–Kier alpha value is -0.340. The number of aryl methyl sites for hydroxylation is 1. The summed E-state index contributed by atoms with van der Waals surface area (Å²) in [4.78, 5) is 0. The second kappa shape index (κ2) is 5.53. The molecule has 0 N–H and O–H groups in total. The van der Waals surface area contributed by atoms with Gasteiger partial charge in [0.2, 0.25) is 0 Å². The number of hydrogen-bond acceptors (Lipinski definition) is 2. The highest BCUT2D eigenvalue weighted by Crippen LogP contribution is 2.40. The van der Waals surface area contributed by atoms with E-state index < -0.39 is 0 Å². The molecule has 0 radical (unpaired) electrons. The van der Waals surface area contributed by atoms with Gasteiger partial charge in [0.05, 0.1) is 11.6 Å². The van der Waals surface area contributed by atoms with Crippen LogP contribution in [0.15, 0.2) is 18.2 Å². The summed E-state index contributed by atoms with van der Waals surface area (Å²) in [6.07, 6.45) is 5.04. The maximum absolute atomic E-state index is 6.16. The van der Waals surface area contributed by atoms with E-state index in [1.165, 1.54) is 25.7 Å². The van der Waals surface area contributed by atoms with Gasteiger partial charge in [0, 0.05) is 5.41 Å². The Balaban J connectivity index is 2.01. The SMILES string of the molecule is Cc1ccc(OCC2(CS)CCCC2)c(Cl)c1. The molecule has 2 rings (SSSR count). The fourth-order valence-corrected chi connectivity index (χ4v) is 3.12. The van der Waals surface area contributed by atoms with E-state index in [1.54, 1.807) is 0 Å². The average Bonchev–Trinajstić information content (AvgIpc) is 2.77. The predicted octanol–water partition coefficient (Wildman–Crippen LogP) is 4.52. The van der Waals surface area contributed by atoms with Crippen molar-refractivity contribution in [1.82, 2.24) is 0 Å². The maximum atomic E-state index is 6.16. The highest BCUT2D eigenvalue weighted by molar-refractivity contribution is 7.80. The van der Waals surface area contributed by atoms with Gasteiger partial charge in [-0.1, -0.05) is 30.5 Å². The molecule has 1 aromatic rings. The number of rotatable bonds is 4. The topological polar surface area (TPSA) is 9.23 Å². The Morgan fingerprint density at radius 2 is 2.06 bits per heavy atom. The molecule has 1 aliphatic carbocycles. The molecule has 1 fully saturated rings. The van der Waals surface area contributed by atoms with E-state index in [-0.39, 0.29) is 5.41 Å². The molecule has 0 unspecified atom stereocenters. The number of hydrogen-bond donors (Lipinski definition) is 1. The molecule has 94 valence electrons. The van der Waals surface area contributed by atoms with Crippen molar-refractivity contribution in [2.45, 2.75) is 32.6 Å². The lowest BCUT2D eigenvalue weighted by atomic mass is 9.90. The molecular formula is C14H19ClOS. The van der Waals surface area contributed by atoms with Crippen molar-refractivity contribution in [3.05, 3.63) is 28.8 Å². The molecule has 0 saturated heterocycles. The van der Waals surface area contributed by atoms with Gasteiger partial charge in [-0.25, -0.2) is 0 Å². The summed E-state index contributed by atoms with van der Waals surface area (Å²) in [6, 6.07) is 5.93. The van der Waals surface area contributed by atoms with Crippen LogP contribution in [-0.4, -0.2) is 12.4 Å². The van der Waals surface area contributed by atoms with Gasteiger partial charge in [-0.05, 0) is 43.2 Å². The van der Waals surface area contributed by atoms with Gasteiger partial charge in [-0.15, -0.1) is 0 Å². The number of halogens is 1. The quantitative estimate of drug-likeness (QED) is 0.792. The van der Waals surface area contributed by atoms with E-state index in [4.69, 9.17) is 16.3 Å². The number of thiol groups is 1. The summed E-state index contributed by atoms with van der Waals surface area (Å²) < 4.78 is 5.89. The molecule has 1 aromatic carbocycles. The zero-order valence-electron chi connectivity index (χ0n) is 10.2. The van der Waals surface area contributed by atoms with Gasteiger partial charge in [0.25, 0.3) is 0 Å². The zero-order chi connectivity index (χ0) is 12.3. The molecule has 1 saturated carbocycles.